The molecule has 0 aliphatic heterocycles. The van der Waals surface area contributed by atoms with Gasteiger partial charge in [0.05, 0.1) is 38.7 Å². The smallest absolute Gasteiger partial charge is 0.270 e. The summed E-state index contributed by atoms with van der Waals surface area (Å²) in [6.07, 6.45) is 7.72. The van der Waals surface area contributed by atoms with Crippen LogP contribution in [-0.4, -0.2) is 73.5 Å². The molecule has 1 saturated carbocycles. The van der Waals surface area contributed by atoms with Gasteiger partial charge in [0.15, 0.2) is 0 Å². The Balaban J connectivity index is 1.68. The highest BCUT2D eigenvalue weighted by Crippen LogP contribution is 2.27. The van der Waals surface area contributed by atoms with Crippen LogP contribution in [0.15, 0.2) is 42.2 Å². The number of hydrogen-bond acceptors (Lipinski definition) is 8. The number of anilines is 1. The average Bonchev–Trinajstić information content (AvgIpc) is 3.33. The van der Waals surface area contributed by atoms with Gasteiger partial charge in [-0.3, -0.25) is 14.3 Å². The number of aromatic nitrogens is 2. The summed E-state index contributed by atoms with van der Waals surface area (Å²) in [5, 5.41) is 18.9. The van der Waals surface area contributed by atoms with E-state index in [4.69, 9.17) is 25.4 Å². The molecule has 1 aromatic heterocycles. The van der Waals surface area contributed by atoms with Crippen LogP contribution in [0.3, 0.4) is 0 Å². The van der Waals surface area contributed by atoms with Crippen LogP contribution < -0.4 is 16.4 Å². The zero-order valence-electron chi connectivity index (χ0n) is 26.0. The monoisotopic (exact) mass is 596 g/mol. The number of ether oxygens (including phenoxy) is 3. The Kier molecular flexibility index (Phi) is 13.9. The Labute approximate surface area is 255 Å². The van der Waals surface area contributed by atoms with Gasteiger partial charge in [0.1, 0.15) is 11.7 Å². The summed E-state index contributed by atoms with van der Waals surface area (Å²) in [4.78, 5) is 27.0. The Bertz CT molecular complexity index is 1210. The van der Waals surface area contributed by atoms with E-state index in [1.54, 1.807) is 43.1 Å². The minimum absolute atomic E-state index is 0.0173. The molecule has 0 unspecified atom stereocenters. The molecule has 5 N–H and O–H groups in total. The zero-order valence-corrected chi connectivity index (χ0v) is 26.0. The number of methoxy groups -OCH3 is 1. The Hall–Kier alpha value is -3.54. The molecule has 11 heteroatoms. The molecule has 1 fully saturated rings. The molecular weight excluding hydrogens is 548 g/mol. The van der Waals surface area contributed by atoms with E-state index in [9.17, 15) is 9.59 Å². The SMILES string of the molecule is COCCOCCOCC(=N)/C(=C(/C)N)c1ccc(NC(=O)[C@@H](NC(=O)c2ccnn2C(C)C)C2CCCCCC2)cc1. The lowest BCUT2D eigenvalue weighted by Gasteiger charge is -2.27. The third-order valence-corrected chi connectivity index (χ3v) is 7.52. The molecule has 11 nitrogen and oxygen atoms in total. The number of carbonyl (C=O) groups is 2. The van der Waals surface area contributed by atoms with Crippen LogP contribution >= 0.6 is 0 Å². The maximum absolute atomic E-state index is 13.7. The fraction of sp³-hybridized carbons (Fsp3) is 0.562. The second-order valence-electron chi connectivity index (χ2n) is 11.2. The second kappa shape index (κ2) is 17.5. The van der Waals surface area contributed by atoms with E-state index >= 15 is 0 Å². The molecule has 1 heterocycles. The van der Waals surface area contributed by atoms with Crippen molar-refractivity contribution in [3.63, 3.8) is 0 Å². The van der Waals surface area contributed by atoms with Gasteiger partial charge in [-0.15, -0.1) is 0 Å². The predicted octanol–water partition coefficient (Wildman–Crippen LogP) is 4.56. The topological polar surface area (TPSA) is 154 Å². The normalized spacial score (nSPS) is 15.5. The first-order valence-corrected chi connectivity index (χ1v) is 15.2. The summed E-state index contributed by atoms with van der Waals surface area (Å²) in [6, 6.07) is 8.24. The number of benzene rings is 1. The molecule has 1 aromatic carbocycles. The summed E-state index contributed by atoms with van der Waals surface area (Å²) in [6.45, 7) is 7.54. The standard InChI is InChI=1S/C32H48N6O5/c1-22(2)38-28(15-16-35-38)31(39)37-30(25-9-7-5-6-8-10-25)32(40)36-26-13-11-24(12-14-26)29(23(3)33)27(34)21-43-20-19-42-18-17-41-4/h11-16,22,25,30,34H,5-10,17-21,33H2,1-4H3,(H,36,40)(H,37,39)/b29-23-,34-27?/t30-/m0/s1. The van der Waals surface area contributed by atoms with Crippen molar-refractivity contribution in [2.24, 2.45) is 11.7 Å². The van der Waals surface area contributed by atoms with E-state index in [2.05, 4.69) is 15.7 Å². The summed E-state index contributed by atoms with van der Waals surface area (Å²) in [5.41, 5.74) is 9.28. The van der Waals surface area contributed by atoms with Gasteiger partial charge in [-0.05, 0) is 63.3 Å². The van der Waals surface area contributed by atoms with Crippen molar-refractivity contribution in [1.29, 1.82) is 5.41 Å². The predicted molar refractivity (Wildman–Crippen MR) is 168 cm³/mol. The Morgan fingerprint density at radius 2 is 1.67 bits per heavy atom. The number of carbonyl (C=O) groups excluding carboxylic acids is 2. The maximum atomic E-state index is 13.7. The first kappa shape index (κ1) is 34.0. The van der Waals surface area contributed by atoms with Gasteiger partial charge in [-0.25, -0.2) is 0 Å². The second-order valence-corrected chi connectivity index (χ2v) is 11.2. The lowest BCUT2D eigenvalue weighted by molar-refractivity contribution is -0.119. The molecule has 1 aliphatic carbocycles. The number of amides is 2. The molecule has 0 saturated heterocycles. The Morgan fingerprint density at radius 1 is 1.02 bits per heavy atom. The van der Waals surface area contributed by atoms with Crippen molar-refractivity contribution in [1.82, 2.24) is 15.1 Å². The average molecular weight is 597 g/mol. The van der Waals surface area contributed by atoms with E-state index in [-0.39, 0.29) is 36.1 Å². The summed E-state index contributed by atoms with van der Waals surface area (Å²) in [7, 11) is 1.62. The van der Waals surface area contributed by atoms with Gasteiger partial charge >= 0.3 is 0 Å². The summed E-state index contributed by atoms with van der Waals surface area (Å²) < 4.78 is 17.6. The van der Waals surface area contributed by atoms with Crippen molar-refractivity contribution in [2.75, 3.05) is 45.5 Å². The highest BCUT2D eigenvalue weighted by atomic mass is 16.5. The van der Waals surface area contributed by atoms with Gasteiger partial charge < -0.3 is 36.0 Å². The molecule has 0 radical (unpaired) electrons. The molecule has 236 valence electrons. The number of nitrogens with zero attached hydrogens (tertiary/aromatic N) is 2. The van der Waals surface area contributed by atoms with Crippen LogP contribution in [-0.2, 0) is 19.0 Å². The lowest BCUT2D eigenvalue weighted by Crippen LogP contribution is -2.49. The minimum Gasteiger partial charge on any atom is -0.402 e. The zero-order chi connectivity index (χ0) is 31.2. The van der Waals surface area contributed by atoms with Crippen molar-refractivity contribution in [2.45, 2.75) is 71.4 Å². The number of allylic oxidation sites excluding steroid dienone is 1. The first-order chi connectivity index (χ1) is 20.7. The minimum atomic E-state index is -0.675. The van der Waals surface area contributed by atoms with Crippen LogP contribution in [0.4, 0.5) is 5.69 Å². The molecule has 1 atom stereocenters. The maximum Gasteiger partial charge on any atom is 0.270 e. The number of hydrogen-bond donors (Lipinski definition) is 4. The van der Waals surface area contributed by atoms with Gasteiger partial charge in [0, 0.05) is 36.3 Å². The van der Waals surface area contributed by atoms with Crippen LogP contribution in [0, 0.1) is 11.3 Å². The Morgan fingerprint density at radius 3 is 2.30 bits per heavy atom. The molecule has 2 aromatic rings. The third kappa shape index (κ3) is 10.3. The molecule has 43 heavy (non-hydrogen) atoms. The van der Waals surface area contributed by atoms with E-state index in [1.807, 2.05) is 26.0 Å². The van der Waals surface area contributed by atoms with Gasteiger partial charge in [-0.1, -0.05) is 37.8 Å². The highest BCUT2D eigenvalue weighted by Gasteiger charge is 2.31. The molecular formula is C32H48N6O5. The first-order valence-electron chi connectivity index (χ1n) is 15.2. The van der Waals surface area contributed by atoms with Crippen molar-refractivity contribution < 1.29 is 23.8 Å². The largest absolute Gasteiger partial charge is 0.402 e. The number of rotatable bonds is 16. The van der Waals surface area contributed by atoms with E-state index in [0.29, 0.717) is 49.1 Å². The van der Waals surface area contributed by atoms with Crippen LogP contribution in [0.2, 0.25) is 0 Å². The summed E-state index contributed by atoms with van der Waals surface area (Å²) >= 11 is 0. The third-order valence-electron chi connectivity index (χ3n) is 7.52. The van der Waals surface area contributed by atoms with Crippen molar-refractivity contribution >= 4 is 28.8 Å². The molecule has 1 aliphatic rings. The van der Waals surface area contributed by atoms with E-state index < -0.39 is 6.04 Å². The van der Waals surface area contributed by atoms with Crippen LogP contribution in [0.1, 0.15) is 81.4 Å². The van der Waals surface area contributed by atoms with Crippen molar-refractivity contribution in [3.05, 3.63) is 53.5 Å². The fourth-order valence-electron chi connectivity index (χ4n) is 5.35. The molecule has 0 bridgehead atoms. The number of nitrogens with one attached hydrogen (secondary N) is 3. The van der Waals surface area contributed by atoms with Crippen LogP contribution in [0.5, 0.6) is 0 Å². The molecule has 3 rings (SSSR count). The van der Waals surface area contributed by atoms with Gasteiger partial charge in [0.25, 0.3) is 5.91 Å². The van der Waals surface area contributed by atoms with Crippen LogP contribution in [0.25, 0.3) is 5.57 Å². The van der Waals surface area contributed by atoms with E-state index in [1.165, 1.54) is 0 Å². The van der Waals surface area contributed by atoms with Crippen molar-refractivity contribution in [3.8, 4) is 0 Å². The van der Waals surface area contributed by atoms with E-state index in [0.717, 1.165) is 44.1 Å². The molecule has 2 amide bonds. The van der Waals surface area contributed by atoms with Gasteiger partial charge in [-0.2, -0.15) is 5.10 Å². The molecule has 0 spiro atoms. The lowest BCUT2D eigenvalue weighted by atomic mass is 9.91. The number of nitrogens with two attached hydrogens (primary N) is 1. The highest BCUT2D eigenvalue weighted by molar-refractivity contribution is 6.23. The summed E-state index contributed by atoms with van der Waals surface area (Å²) in [5.74, 6) is -0.508. The fourth-order valence-corrected chi connectivity index (χ4v) is 5.35. The van der Waals surface area contributed by atoms with Gasteiger partial charge in [0.2, 0.25) is 5.91 Å². The quantitative estimate of drug-likeness (QED) is 0.126.